The number of aliphatic hydroxyl groups excluding tert-OH is 1. The van der Waals surface area contributed by atoms with E-state index in [1.165, 1.54) is 0 Å². The average molecular weight is 563 g/mol. The number of allylic oxidation sites excluding steroid dienone is 2. The highest BCUT2D eigenvalue weighted by Gasteiger charge is 2.34. The number of nitrogens with one attached hydrogen (secondary N) is 1. The van der Waals surface area contributed by atoms with Gasteiger partial charge in [-0.1, -0.05) is 54.6 Å². The molecule has 2 heterocycles. The van der Waals surface area contributed by atoms with Crippen LogP contribution in [0.4, 0.5) is 0 Å². The number of rotatable bonds is 9. The number of hydrogen-bond acceptors (Lipinski definition) is 6. The van der Waals surface area contributed by atoms with Crippen LogP contribution in [0.5, 0.6) is 5.75 Å². The molecule has 8 heteroatoms. The van der Waals surface area contributed by atoms with Gasteiger partial charge in [-0.2, -0.15) is 0 Å². The fourth-order valence-corrected chi connectivity index (χ4v) is 5.40. The standard InChI is InChI=1S/C33H42N2O6/c36-22-28(20-25-15-17-30(18-16-25)40-23-26-10-5-4-6-11-26)34-31(37)21-27-12-7-2-1-3-8-14-32(38)41-24-29-13-9-19-35(29)33(27)39/h2,4-7,10-11,15-18,27-29,36H,1,3,8-9,12-14,19-24H2,(H,34,37). The molecule has 0 aliphatic carbocycles. The molecule has 2 N–H and O–H groups in total. The highest BCUT2D eigenvalue weighted by Crippen LogP contribution is 2.24. The Morgan fingerprint density at radius 2 is 1.83 bits per heavy atom. The molecule has 2 amide bonds. The molecule has 2 aromatic rings. The number of aliphatic hydroxyl groups is 1. The van der Waals surface area contributed by atoms with Crippen LogP contribution in [0.1, 0.15) is 62.5 Å². The molecule has 1 saturated heterocycles. The largest absolute Gasteiger partial charge is 0.489 e. The number of hydrogen-bond donors (Lipinski definition) is 2. The normalized spacial score (nSPS) is 21.0. The number of esters is 1. The van der Waals surface area contributed by atoms with Crippen LogP contribution in [0, 0.1) is 5.92 Å². The van der Waals surface area contributed by atoms with Crippen molar-refractivity contribution in [2.45, 2.75) is 76.5 Å². The Labute approximate surface area is 242 Å². The van der Waals surface area contributed by atoms with Gasteiger partial charge in [-0.15, -0.1) is 0 Å². The van der Waals surface area contributed by atoms with E-state index in [0.29, 0.717) is 32.4 Å². The topological polar surface area (TPSA) is 105 Å². The smallest absolute Gasteiger partial charge is 0.305 e. The number of cyclic esters (lactones) is 1. The second-order valence-electron chi connectivity index (χ2n) is 10.9. The summed E-state index contributed by atoms with van der Waals surface area (Å²) in [7, 11) is 0. The first-order valence-electron chi connectivity index (χ1n) is 14.8. The van der Waals surface area contributed by atoms with Crippen molar-refractivity contribution in [1.82, 2.24) is 10.2 Å². The van der Waals surface area contributed by atoms with Gasteiger partial charge < -0.3 is 24.8 Å². The summed E-state index contributed by atoms with van der Waals surface area (Å²) in [5, 5.41) is 12.9. The first-order chi connectivity index (χ1) is 20.0. The Bertz CT molecular complexity index is 1150. The third-order valence-corrected chi connectivity index (χ3v) is 7.71. The van der Waals surface area contributed by atoms with E-state index in [-0.39, 0.29) is 43.5 Å². The molecule has 0 bridgehead atoms. The summed E-state index contributed by atoms with van der Waals surface area (Å²) in [6, 6.07) is 17.0. The summed E-state index contributed by atoms with van der Waals surface area (Å²) < 4.78 is 11.3. The van der Waals surface area contributed by atoms with E-state index in [9.17, 15) is 19.5 Å². The highest BCUT2D eigenvalue weighted by atomic mass is 16.5. The van der Waals surface area contributed by atoms with Crippen LogP contribution in [-0.4, -0.2) is 59.6 Å². The van der Waals surface area contributed by atoms with Gasteiger partial charge in [0, 0.05) is 19.4 Å². The van der Waals surface area contributed by atoms with Crippen LogP contribution in [0.25, 0.3) is 0 Å². The quantitative estimate of drug-likeness (QED) is 0.348. The van der Waals surface area contributed by atoms with Crippen molar-refractivity contribution in [2.24, 2.45) is 5.92 Å². The van der Waals surface area contributed by atoms with E-state index in [4.69, 9.17) is 9.47 Å². The minimum absolute atomic E-state index is 0.0367. The summed E-state index contributed by atoms with van der Waals surface area (Å²) in [6.07, 6.45) is 9.48. The second kappa shape index (κ2) is 16.0. The lowest BCUT2D eigenvalue weighted by Crippen LogP contribution is -2.45. The molecular formula is C33H42N2O6. The zero-order valence-corrected chi connectivity index (χ0v) is 23.7. The van der Waals surface area contributed by atoms with Crippen molar-refractivity contribution >= 4 is 17.8 Å². The molecule has 2 aromatic carbocycles. The molecule has 0 saturated carbocycles. The maximum absolute atomic E-state index is 13.5. The summed E-state index contributed by atoms with van der Waals surface area (Å²) in [5.74, 6) is -0.317. The lowest BCUT2D eigenvalue weighted by Gasteiger charge is -2.28. The van der Waals surface area contributed by atoms with Gasteiger partial charge in [0.2, 0.25) is 11.8 Å². The molecule has 1 fully saturated rings. The molecule has 0 aromatic heterocycles. The number of fused-ring (bicyclic) bond motifs is 1. The van der Waals surface area contributed by atoms with Crippen LogP contribution in [0.3, 0.4) is 0 Å². The number of amides is 2. The van der Waals surface area contributed by atoms with Crippen molar-refractivity contribution in [2.75, 3.05) is 19.8 Å². The molecule has 4 rings (SSSR count). The number of nitrogens with zero attached hydrogens (tertiary/aromatic N) is 1. The number of benzene rings is 2. The van der Waals surface area contributed by atoms with Crippen molar-refractivity contribution < 1.29 is 29.0 Å². The van der Waals surface area contributed by atoms with Crippen molar-refractivity contribution in [1.29, 1.82) is 0 Å². The highest BCUT2D eigenvalue weighted by molar-refractivity contribution is 5.86. The fourth-order valence-electron chi connectivity index (χ4n) is 5.40. The molecule has 220 valence electrons. The lowest BCUT2D eigenvalue weighted by atomic mass is 9.97. The average Bonchev–Trinajstić information content (AvgIpc) is 3.46. The van der Waals surface area contributed by atoms with Crippen LogP contribution in [-0.2, 0) is 32.1 Å². The first-order valence-corrected chi connectivity index (χ1v) is 14.8. The predicted molar refractivity (Wildman–Crippen MR) is 156 cm³/mol. The summed E-state index contributed by atoms with van der Waals surface area (Å²) >= 11 is 0. The van der Waals surface area contributed by atoms with Crippen molar-refractivity contribution in [3.05, 3.63) is 77.9 Å². The van der Waals surface area contributed by atoms with Gasteiger partial charge >= 0.3 is 5.97 Å². The Balaban J connectivity index is 1.32. The van der Waals surface area contributed by atoms with E-state index in [0.717, 1.165) is 49.0 Å². The van der Waals surface area contributed by atoms with Crippen LogP contribution in [0.2, 0.25) is 0 Å². The summed E-state index contributed by atoms with van der Waals surface area (Å²) in [4.78, 5) is 40.5. The maximum Gasteiger partial charge on any atom is 0.305 e. The van der Waals surface area contributed by atoms with Crippen molar-refractivity contribution in [3.63, 3.8) is 0 Å². The Morgan fingerprint density at radius 3 is 2.61 bits per heavy atom. The zero-order chi connectivity index (χ0) is 28.9. The molecule has 0 spiro atoms. The Morgan fingerprint density at radius 1 is 1.02 bits per heavy atom. The van der Waals surface area contributed by atoms with Crippen LogP contribution >= 0.6 is 0 Å². The van der Waals surface area contributed by atoms with Crippen LogP contribution in [0.15, 0.2) is 66.7 Å². The van der Waals surface area contributed by atoms with E-state index >= 15 is 0 Å². The minimum atomic E-state index is -0.508. The SMILES string of the molecule is O=C(CC1CC=CCCCCC(=O)OCC2CCCN2C1=O)NC(CO)Cc1ccc(OCc2ccccc2)cc1. The summed E-state index contributed by atoms with van der Waals surface area (Å²) in [6.45, 7) is 1.08. The third-order valence-electron chi connectivity index (χ3n) is 7.71. The summed E-state index contributed by atoms with van der Waals surface area (Å²) in [5.41, 5.74) is 2.05. The lowest BCUT2D eigenvalue weighted by molar-refractivity contribution is -0.148. The van der Waals surface area contributed by atoms with Gasteiger partial charge in [-0.3, -0.25) is 14.4 Å². The monoisotopic (exact) mass is 562 g/mol. The predicted octanol–water partition coefficient (Wildman–Crippen LogP) is 4.35. The zero-order valence-electron chi connectivity index (χ0n) is 23.7. The van der Waals surface area contributed by atoms with E-state index in [2.05, 4.69) is 5.32 Å². The van der Waals surface area contributed by atoms with Crippen LogP contribution < -0.4 is 10.1 Å². The van der Waals surface area contributed by atoms with E-state index < -0.39 is 12.0 Å². The Hall–Kier alpha value is -3.65. The molecule has 3 unspecified atom stereocenters. The molecule has 8 nitrogen and oxygen atoms in total. The van der Waals surface area contributed by atoms with Gasteiger partial charge in [0.25, 0.3) is 0 Å². The molecule has 2 aliphatic heterocycles. The van der Waals surface area contributed by atoms with E-state index in [1.54, 1.807) is 4.90 Å². The van der Waals surface area contributed by atoms with Crippen molar-refractivity contribution in [3.8, 4) is 5.75 Å². The van der Waals surface area contributed by atoms with Gasteiger partial charge in [-0.25, -0.2) is 0 Å². The number of carbonyl (C=O) groups is 3. The minimum Gasteiger partial charge on any atom is -0.489 e. The first kappa shape index (κ1) is 30.3. The van der Waals surface area contributed by atoms with E-state index in [1.807, 2.05) is 66.7 Å². The van der Waals surface area contributed by atoms with Gasteiger partial charge in [0.1, 0.15) is 19.0 Å². The molecule has 3 atom stereocenters. The molecule has 0 radical (unpaired) electrons. The maximum atomic E-state index is 13.5. The third kappa shape index (κ3) is 9.74. The molecular weight excluding hydrogens is 520 g/mol. The Kier molecular flexibility index (Phi) is 11.8. The number of ether oxygens (including phenoxy) is 2. The van der Waals surface area contributed by atoms with Gasteiger partial charge in [-0.05, 0) is 68.2 Å². The second-order valence-corrected chi connectivity index (χ2v) is 10.9. The van der Waals surface area contributed by atoms with Gasteiger partial charge in [0.05, 0.1) is 24.6 Å². The fraction of sp³-hybridized carbons (Fsp3) is 0.485. The molecule has 2 aliphatic rings. The molecule has 41 heavy (non-hydrogen) atoms. The van der Waals surface area contributed by atoms with Gasteiger partial charge in [0.15, 0.2) is 0 Å². The number of carbonyl (C=O) groups excluding carboxylic acids is 3.